The lowest BCUT2D eigenvalue weighted by molar-refractivity contribution is -0.384. The van der Waals surface area contributed by atoms with E-state index in [1.54, 1.807) is 30.9 Å². The van der Waals surface area contributed by atoms with Gasteiger partial charge in [0.2, 0.25) is 0 Å². The third-order valence-electron chi connectivity index (χ3n) is 8.54. The van der Waals surface area contributed by atoms with Crippen LogP contribution in [0.4, 0.5) is 5.69 Å². The van der Waals surface area contributed by atoms with E-state index >= 15 is 0 Å². The summed E-state index contributed by atoms with van der Waals surface area (Å²) in [6.07, 6.45) is 7.63. The van der Waals surface area contributed by atoms with Crippen molar-refractivity contribution in [3.05, 3.63) is 108 Å². The molecule has 5 rings (SSSR count). The van der Waals surface area contributed by atoms with Gasteiger partial charge in [0, 0.05) is 78.2 Å². The second-order valence-electron chi connectivity index (χ2n) is 12.1. The Morgan fingerprint density at radius 3 is 2.21 bits per heavy atom. The number of imidazole rings is 1. The van der Waals surface area contributed by atoms with Gasteiger partial charge in [0.25, 0.3) is 5.69 Å². The minimum absolute atomic E-state index is 0.0266. The van der Waals surface area contributed by atoms with Crippen molar-refractivity contribution in [2.75, 3.05) is 84.2 Å². The Bertz CT molecular complexity index is 1880. The minimum atomic E-state index is -2.70. The van der Waals surface area contributed by atoms with Gasteiger partial charge in [0.15, 0.2) is 0 Å². The van der Waals surface area contributed by atoms with Crippen LogP contribution in [0.1, 0.15) is 20.3 Å². The quantitative estimate of drug-likeness (QED) is 0.0732. The van der Waals surface area contributed by atoms with Gasteiger partial charge in [-0.25, -0.2) is 22.1 Å². The summed E-state index contributed by atoms with van der Waals surface area (Å²) < 4.78 is 48.4. The number of hydrogen-bond acceptors (Lipinski definition) is 11. The SMILES string of the molecule is CCN(CC)CCN=S(C)(=O)c1ccc(-n2ccnc2)cc1.O=[N+]([O-])c1ccc(S(=O)(CCCOc2ccccc2)=NCCN2CCOCC2)cc1. The van der Waals surface area contributed by atoms with E-state index in [-0.39, 0.29) is 5.69 Å². The van der Waals surface area contributed by atoms with Crippen molar-refractivity contribution in [2.45, 2.75) is 30.1 Å². The Morgan fingerprint density at radius 2 is 1.60 bits per heavy atom. The van der Waals surface area contributed by atoms with Crippen LogP contribution in [0.25, 0.3) is 5.69 Å². The van der Waals surface area contributed by atoms with Gasteiger partial charge in [-0.15, -0.1) is 0 Å². The molecule has 0 bridgehead atoms. The number of nitrogens with zero attached hydrogens (tertiary/aromatic N) is 7. The monoisotopic (exact) mass is 753 g/mol. The van der Waals surface area contributed by atoms with Gasteiger partial charge in [-0.3, -0.25) is 15.0 Å². The number of ether oxygens (including phenoxy) is 2. The van der Waals surface area contributed by atoms with Crippen LogP contribution in [0.3, 0.4) is 0 Å². The van der Waals surface area contributed by atoms with Crippen molar-refractivity contribution in [3.63, 3.8) is 0 Å². The lowest BCUT2D eigenvalue weighted by atomic mass is 10.3. The molecule has 1 fully saturated rings. The first-order valence-electron chi connectivity index (χ1n) is 17.5. The molecular weight excluding hydrogens is 703 g/mol. The maximum absolute atomic E-state index is 13.7. The minimum Gasteiger partial charge on any atom is -0.494 e. The molecule has 2 heterocycles. The van der Waals surface area contributed by atoms with Crippen LogP contribution in [0.15, 0.2) is 116 Å². The van der Waals surface area contributed by atoms with Gasteiger partial charge in [0.05, 0.1) is 63.6 Å². The summed E-state index contributed by atoms with van der Waals surface area (Å²) in [4.78, 5) is 20.3. The molecule has 1 aliphatic heterocycles. The standard InChI is InChI=1S/C21H27N3O5S.C16H24N4OS/c25-24(26)19-7-9-21(10-8-19)30(27,22-11-12-23-13-16-28-17-14-23)18-4-15-29-20-5-2-1-3-6-20;1-4-19(5-2)12-11-18-22(3,21)16-8-6-15(7-9-16)20-13-10-17-14-20/h1-3,5-10H,4,11-18H2;6-10,13-14H,4-5,11-12H2,1-3H3. The summed E-state index contributed by atoms with van der Waals surface area (Å²) in [6.45, 7) is 12.4. The van der Waals surface area contributed by atoms with E-state index in [1.165, 1.54) is 12.1 Å². The van der Waals surface area contributed by atoms with Crippen LogP contribution in [-0.4, -0.2) is 117 Å². The summed E-state index contributed by atoms with van der Waals surface area (Å²) in [5, 5.41) is 10.9. The average molecular weight is 754 g/mol. The zero-order chi connectivity index (χ0) is 37.2. The predicted molar refractivity (Wildman–Crippen MR) is 206 cm³/mol. The van der Waals surface area contributed by atoms with E-state index in [4.69, 9.17) is 9.47 Å². The van der Waals surface area contributed by atoms with Crippen molar-refractivity contribution in [2.24, 2.45) is 8.73 Å². The smallest absolute Gasteiger partial charge is 0.269 e. The molecular formula is C37H51N7O6S2. The maximum Gasteiger partial charge on any atom is 0.269 e. The first-order valence-corrected chi connectivity index (χ1v) is 21.2. The van der Waals surface area contributed by atoms with Crippen LogP contribution >= 0.6 is 0 Å². The number of nitro groups is 1. The number of nitro benzene ring substituents is 1. The number of morpholine rings is 1. The fourth-order valence-electron chi connectivity index (χ4n) is 5.41. The number of para-hydroxylation sites is 1. The molecule has 15 heteroatoms. The van der Waals surface area contributed by atoms with Gasteiger partial charge in [-0.1, -0.05) is 32.0 Å². The highest BCUT2D eigenvalue weighted by atomic mass is 32.2. The van der Waals surface area contributed by atoms with E-state index < -0.39 is 24.4 Å². The van der Waals surface area contributed by atoms with Gasteiger partial charge in [-0.05, 0) is 68.0 Å². The predicted octanol–water partition coefficient (Wildman–Crippen LogP) is 5.89. The molecule has 0 saturated carbocycles. The second kappa shape index (κ2) is 20.8. The fourth-order valence-corrected chi connectivity index (χ4v) is 8.59. The zero-order valence-corrected chi connectivity index (χ0v) is 32.0. The summed E-state index contributed by atoms with van der Waals surface area (Å²) >= 11 is 0. The number of likely N-dealkylation sites (N-methyl/N-ethyl adjacent to an activating group) is 1. The zero-order valence-electron chi connectivity index (χ0n) is 30.3. The lowest BCUT2D eigenvalue weighted by Crippen LogP contribution is -2.37. The number of benzene rings is 3. The Balaban J connectivity index is 0.000000244. The lowest BCUT2D eigenvalue weighted by Gasteiger charge is -2.25. The van der Waals surface area contributed by atoms with Crippen molar-refractivity contribution in [3.8, 4) is 11.4 Å². The molecule has 2 atom stereocenters. The normalized spacial score (nSPS) is 15.5. The first-order chi connectivity index (χ1) is 25.1. The fraction of sp³-hybridized carbons (Fsp3) is 0.432. The number of aromatic nitrogens is 2. The molecule has 0 radical (unpaired) electrons. The van der Waals surface area contributed by atoms with Crippen molar-refractivity contribution in [1.82, 2.24) is 19.4 Å². The van der Waals surface area contributed by atoms with Crippen LogP contribution in [0, 0.1) is 10.1 Å². The van der Waals surface area contributed by atoms with Crippen LogP contribution in [0.2, 0.25) is 0 Å². The molecule has 13 nitrogen and oxygen atoms in total. The largest absolute Gasteiger partial charge is 0.494 e. The Morgan fingerprint density at radius 1 is 0.923 bits per heavy atom. The molecule has 0 N–H and O–H groups in total. The van der Waals surface area contributed by atoms with E-state index in [1.807, 2.05) is 65.4 Å². The summed E-state index contributed by atoms with van der Waals surface area (Å²) in [6, 6.07) is 23.0. The first kappa shape index (κ1) is 40.6. The molecule has 4 aromatic rings. The molecule has 1 aromatic heterocycles. The number of non-ortho nitro benzene ring substituents is 1. The third kappa shape index (κ3) is 12.8. The summed E-state index contributed by atoms with van der Waals surface area (Å²) in [7, 11) is -5.04. The number of hydrogen-bond donors (Lipinski definition) is 0. The Hall–Kier alpha value is -4.15. The van der Waals surface area contributed by atoms with E-state index in [2.05, 4.69) is 37.4 Å². The Labute approximate surface area is 308 Å². The molecule has 2 unspecified atom stereocenters. The summed E-state index contributed by atoms with van der Waals surface area (Å²) in [5.74, 6) is 1.10. The highest BCUT2D eigenvalue weighted by molar-refractivity contribution is 7.93. The van der Waals surface area contributed by atoms with E-state index in [0.29, 0.717) is 56.5 Å². The molecule has 3 aromatic carbocycles. The van der Waals surface area contributed by atoms with Crippen molar-refractivity contribution >= 4 is 25.1 Å². The van der Waals surface area contributed by atoms with Crippen molar-refractivity contribution < 1.29 is 22.8 Å². The molecule has 1 aliphatic rings. The molecule has 282 valence electrons. The molecule has 0 aliphatic carbocycles. The molecule has 0 amide bonds. The topological polar surface area (TPSA) is 145 Å². The van der Waals surface area contributed by atoms with Gasteiger partial charge in [-0.2, -0.15) is 0 Å². The molecule has 52 heavy (non-hydrogen) atoms. The van der Waals surface area contributed by atoms with E-state index in [0.717, 1.165) is 49.1 Å². The van der Waals surface area contributed by atoms with Gasteiger partial charge in [0.1, 0.15) is 5.75 Å². The van der Waals surface area contributed by atoms with Gasteiger partial charge < -0.3 is 18.9 Å². The van der Waals surface area contributed by atoms with Crippen LogP contribution < -0.4 is 4.74 Å². The Kier molecular flexibility index (Phi) is 16.2. The van der Waals surface area contributed by atoms with Crippen molar-refractivity contribution in [1.29, 1.82) is 0 Å². The highest BCUT2D eigenvalue weighted by Gasteiger charge is 2.16. The summed E-state index contributed by atoms with van der Waals surface area (Å²) in [5.41, 5.74) is 0.973. The third-order valence-corrected chi connectivity index (χ3v) is 12.8. The molecule has 1 saturated heterocycles. The average Bonchev–Trinajstić information content (AvgIpc) is 3.72. The van der Waals surface area contributed by atoms with Gasteiger partial charge >= 0.3 is 0 Å². The number of rotatable bonds is 17. The maximum atomic E-state index is 13.7. The van der Waals surface area contributed by atoms with E-state index in [9.17, 15) is 18.5 Å². The highest BCUT2D eigenvalue weighted by Crippen LogP contribution is 2.20. The molecule has 0 spiro atoms. The second-order valence-corrected chi connectivity index (χ2v) is 16.8. The van der Waals surface area contributed by atoms with Crippen LogP contribution in [0.5, 0.6) is 5.75 Å². The van der Waals surface area contributed by atoms with Crippen LogP contribution in [-0.2, 0) is 24.2 Å².